The van der Waals surface area contributed by atoms with Crippen LogP contribution in [0.3, 0.4) is 0 Å². The molecule has 2 aromatic carbocycles. The number of primary amides is 1. The molecule has 0 aliphatic carbocycles. The van der Waals surface area contributed by atoms with Crippen LogP contribution in [0.4, 0.5) is 17.6 Å². The van der Waals surface area contributed by atoms with Gasteiger partial charge in [0.25, 0.3) is 5.91 Å². The highest BCUT2D eigenvalue weighted by Crippen LogP contribution is 2.38. The number of pyridine rings is 2. The third-order valence-electron chi connectivity index (χ3n) is 6.37. The molecule has 4 rings (SSSR count). The zero-order valence-corrected chi connectivity index (χ0v) is 25.5. The minimum atomic E-state index is -4.70. The van der Waals surface area contributed by atoms with Crippen LogP contribution in [0.5, 0.6) is 0 Å². The van der Waals surface area contributed by atoms with Crippen molar-refractivity contribution in [1.82, 2.24) is 15.3 Å². The summed E-state index contributed by atoms with van der Waals surface area (Å²) in [5.74, 6) is -3.41. The van der Waals surface area contributed by atoms with Gasteiger partial charge in [0.15, 0.2) is 0 Å². The van der Waals surface area contributed by atoms with Crippen molar-refractivity contribution < 1.29 is 27.2 Å². The molecule has 4 aromatic rings. The molecular weight excluding hydrogens is 607 g/mol. The van der Waals surface area contributed by atoms with E-state index in [0.29, 0.717) is 34.9 Å². The van der Waals surface area contributed by atoms with Crippen molar-refractivity contribution in [1.29, 1.82) is 0 Å². The lowest BCUT2D eigenvalue weighted by atomic mass is 9.94. The average Bonchev–Trinajstić information content (AvgIpc) is 2.96. The van der Waals surface area contributed by atoms with Gasteiger partial charge in [-0.3, -0.25) is 19.6 Å². The van der Waals surface area contributed by atoms with Gasteiger partial charge in [0.1, 0.15) is 11.7 Å². The first-order valence-corrected chi connectivity index (χ1v) is 14.2. The van der Waals surface area contributed by atoms with Crippen molar-refractivity contribution in [3.05, 3.63) is 93.5 Å². The van der Waals surface area contributed by atoms with E-state index in [0.717, 1.165) is 5.56 Å². The number of benzene rings is 2. The Balaban J connectivity index is 0.00000121. The highest BCUT2D eigenvalue weighted by molar-refractivity contribution is 6.33. The second-order valence-corrected chi connectivity index (χ2v) is 9.78. The molecule has 12 heteroatoms. The Bertz CT molecular complexity index is 1570. The van der Waals surface area contributed by atoms with Gasteiger partial charge < -0.3 is 11.1 Å². The van der Waals surface area contributed by atoms with Crippen LogP contribution in [0.15, 0.2) is 54.7 Å². The van der Waals surface area contributed by atoms with Crippen molar-refractivity contribution >= 4 is 46.4 Å². The number of carbonyl (C=O) groups is 2. The number of rotatable bonds is 7. The first-order chi connectivity index (χ1) is 20.4. The molecule has 2 aromatic heterocycles. The van der Waals surface area contributed by atoms with Gasteiger partial charge in [0.2, 0.25) is 6.41 Å². The maximum Gasteiger partial charge on any atom is 0.398 e. The topological polar surface area (TPSA) is 98.0 Å². The molecule has 1 atom stereocenters. The van der Waals surface area contributed by atoms with Gasteiger partial charge in [-0.15, -0.1) is 11.6 Å². The van der Waals surface area contributed by atoms with E-state index < -0.39 is 30.4 Å². The number of nitrogens with two attached hydrogens (primary N) is 1. The largest absolute Gasteiger partial charge is 0.398 e. The van der Waals surface area contributed by atoms with Crippen molar-refractivity contribution in [3.63, 3.8) is 0 Å². The fraction of sp³-hybridized carbons (Fsp3) is 0.290. The maximum absolute atomic E-state index is 14.3. The average molecular weight is 640 g/mol. The zero-order chi connectivity index (χ0) is 32.3. The van der Waals surface area contributed by atoms with E-state index in [1.165, 1.54) is 36.7 Å². The van der Waals surface area contributed by atoms with Crippen LogP contribution in [0.25, 0.3) is 22.2 Å². The SMILES string of the molecule is CCCc1c(C)cc(C(CNC(=O)c2ccc3ncc(C)cc3c2)C(F)(F)F)nc1-c1cccc(F)c1Cl.CCl.NC=O. The highest BCUT2D eigenvalue weighted by Gasteiger charge is 2.42. The van der Waals surface area contributed by atoms with Gasteiger partial charge in [0.05, 0.1) is 21.9 Å². The summed E-state index contributed by atoms with van der Waals surface area (Å²) in [7, 11) is 0. The van der Waals surface area contributed by atoms with Crippen molar-refractivity contribution in [2.75, 3.05) is 12.9 Å². The fourth-order valence-corrected chi connectivity index (χ4v) is 4.66. The highest BCUT2D eigenvalue weighted by atomic mass is 35.5. The summed E-state index contributed by atoms with van der Waals surface area (Å²) < 4.78 is 57.1. The smallest absolute Gasteiger partial charge is 0.372 e. The summed E-state index contributed by atoms with van der Waals surface area (Å²) in [4.78, 5) is 30.1. The standard InChI is InChI=1S/C29H26ClF4N3O.CH3Cl.CH3NO/c1-4-6-20-17(3)12-25(37-27(20)21-7-5-8-23(31)26(21)30)22(29(32,33)34)15-36-28(38)18-9-10-24-19(13-18)11-16(2)14-35-24;1-2;2-1-3/h5,7-14,22H,4,6,15H2,1-3H3,(H,36,38);1H3;1H,(H2,2,3). The van der Waals surface area contributed by atoms with Crippen molar-refractivity contribution in [2.24, 2.45) is 5.73 Å². The summed E-state index contributed by atoms with van der Waals surface area (Å²) in [6, 6.07) is 12.2. The van der Waals surface area contributed by atoms with E-state index in [9.17, 15) is 22.4 Å². The van der Waals surface area contributed by atoms with Gasteiger partial charge in [-0.1, -0.05) is 37.1 Å². The molecule has 43 heavy (non-hydrogen) atoms. The molecule has 0 saturated heterocycles. The minimum absolute atomic E-state index is 0.202. The Morgan fingerprint density at radius 1 is 1.12 bits per heavy atom. The molecule has 2 heterocycles. The van der Waals surface area contributed by atoms with Crippen LogP contribution >= 0.6 is 23.2 Å². The van der Waals surface area contributed by atoms with Crippen LogP contribution in [0.1, 0.15) is 52.0 Å². The number of alkyl halides is 4. The minimum Gasteiger partial charge on any atom is -0.372 e. The normalized spacial score (nSPS) is 11.5. The van der Waals surface area contributed by atoms with E-state index in [1.54, 1.807) is 25.3 Å². The number of amides is 2. The monoisotopic (exact) mass is 638 g/mol. The molecule has 0 fully saturated rings. The van der Waals surface area contributed by atoms with Crippen LogP contribution in [0, 0.1) is 19.7 Å². The van der Waals surface area contributed by atoms with E-state index in [-0.39, 0.29) is 33.9 Å². The van der Waals surface area contributed by atoms with E-state index >= 15 is 0 Å². The Labute approximate surface area is 257 Å². The van der Waals surface area contributed by atoms with Crippen molar-refractivity contribution in [3.8, 4) is 11.3 Å². The first-order valence-electron chi connectivity index (χ1n) is 13.1. The number of fused-ring (bicyclic) bond motifs is 1. The Kier molecular flexibility index (Phi) is 13.3. The van der Waals surface area contributed by atoms with Crippen LogP contribution in [-0.4, -0.2) is 41.4 Å². The summed E-state index contributed by atoms with van der Waals surface area (Å²) in [6.07, 6.45) is -0.0409. The molecule has 6 nitrogen and oxygen atoms in total. The second-order valence-electron chi connectivity index (χ2n) is 9.40. The molecule has 0 bridgehead atoms. The zero-order valence-electron chi connectivity index (χ0n) is 24.0. The summed E-state index contributed by atoms with van der Waals surface area (Å²) >= 11 is 10.8. The Morgan fingerprint density at radius 2 is 1.79 bits per heavy atom. The van der Waals surface area contributed by atoms with E-state index in [4.69, 9.17) is 16.4 Å². The van der Waals surface area contributed by atoms with Gasteiger partial charge >= 0.3 is 6.18 Å². The van der Waals surface area contributed by atoms with Crippen LogP contribution in [0.2, 0.25) is 5.02 Å². The van der Waals surface area contributed by atoms with E-state index in [2.05, 4.69) is 32.6 Å². The lowest BCUT2D eigenvalue weighted by molar-refractivity contribution is -0.149. The number of nitrogens with zero attached hydrogens (tertiary/aromatic N) is 2. The quantitative estimate of drug-likeness (QED) is 0.123. The van der Waals surface area contributed by atoms with E-state index in [1.807, 2.05) is 19.9 Å². The summed E-state index contributed by atoms with van der Waals surface area (Å²) in [6.45, 7) is 4.77. The first kappa shape index (κ1) is 35.4. The molecule has 0 aliphatic rings. The predicted octanol–water partition coefficient (Wildman–Crippen LogP) is 7.69. The third-order valence-corrected chi connectivity index (χ3v) is 6.76. The molecular formula is C31H32Cl2F4N4O2. The molecule has 0 radical (unpaired) electrons. The molecule has 0 spiro atoms. The summed E-state index contributed by atoms with van der Waals surface area (Å²) in [5.41, 5.74) is 7.42. The lowest BCUT2D eigenvalue weighted by Crippen LogP contribution is -2.35. The molecule has 2 amide bonds. The van der Waals surface area contributed by atoms with Gasteiger partial charge in [0, 0.05) is 35.6 Å². The number of hydrogen-bond donors (Lipinski definition) is 2. The third kappa shape index (κ3) is 9.11. The summed E-state index contributed by atoms with van der Waals surface area (Å²) in [5, 5.41) is 2.93. The molecule has 3 N–H and O–H groups in total. The number of carbonyl (C=O) groups excluding carboxylic acids is 2. The van der Waals surface area contributed by atoms with Crippen LogP contribution in [-0.2, 0) is 11.2 Å². The van der Waals surface area contributed by atoms with Crippen molar-refractivity contribution in [2.45, 2.75) is 45.7 Å². The Hall–Kier alpha value is -3.76. The molecule has 0 saturated carbocycles. The number of halogens is 6. The van der Waals surface area contributed by atoms with Gasteiger partial charge in [-0.25, -0.2) is 4.39 Å². The predicted molar refractivity (Wildman–Crippen MR) is 163 cm³/mol. The number of aryl methyl sites for hydroxylation is 2. The fourth-order valence-electron chi connectivity index (χ4n) is 4.45. The van der Waals surface area contributed by atoms with Crippen LogP contribution < -0.4 is 11.1 Å². The maximum atomic E-state index is 14.3. The lowest BCUT2D eigenvalue weighted by Gasteiger charge is -2.23. The number of nitrogens with one attached hydrogen (secondary N) is 1. The molecule has 230 valence electrons. The number of aromatic nitrogens is 2. The molecule has 0 aliphatic heterocycles. The van der Waals surface area contributed by atoms with Gasteiger partial charge in [-0.05, 0) is 73.4 Å². The van der Waals surface area contributed by atoms with Gasteiger partial charge in [-0.2, -0.15) is 13.2 Å². The molecule has 1 unspecified atom stereocenters. The second kappa shape index (κ2) is 16.2. The number of hydrogen-bond acceptors (Lipinski definition) is 4. The Morgan fingerprint density at radius 3 is 2.42 bits per heavy atom.